The molecule has 122 valence electrons. The summed E-state index contributed by atoms with van der Waals surface area (Å²) in [5.74, 6) is 0.478. The highest BCUT2D eigenvalue weighted by Gasteiger charge is 2.20. The second kappa shape index (κ2) is 6.93. The quantitative estimate of drug-likeness (QED) is 0.619. The van der Waals surface area contributed by atoms with Gasteiger partial charge in [0.05, 0.1) is 0 Å². The number of carbonyl (C=O) groups excluding carboxylic acids is 1. The summed E-state index contributed by atoms with van der Waals surface area (Å²) in [5.41, 5.74) is 1.55. The minimum Gasteiger partial charge on any atom is -0.410 e. The summed E-state index contributed by atoms with van der Waals surface area (Å²) in [5, 5.41) is 0.664. The normalized spacial score (nSPS) is 11.2. The van der Waals surface area contributed by atoms with Crippen LogP contribution < -0.4 is 9.64 Å². The first kappa shape index (κ1) is 17.8. The van der Waals surface area contributed by atoms with Gasteiger partial charge in [0.15, 0.2) is 0 Å². The van der Waals surface area contributed by atoms with Gasteiger partial charge in [-0.1, -0.05) is 54.4 Å². The van der Waals surface area contributed by atoms with Crippen molar-refractivity contribution in [3.63, 3.8) is 0 Å². The van der Waals surface area contributed by atoms with E-state index in [2.05, 4.69) is 36.7 Å². The number of nitrogens with zero attached hydrogens (tertiary/aromatic N) is 1. The van der Waals surface area contributed by atoms with Gasteiger partial charge >= 0.3 is 6.09 Å². The van der Waals surface area contributed by atoms with Gasteiger partial charge in [-0.15, -0.1) is 0 Å². The highest BCUT2D eigenvalue weighted by atomic mass is 79.9. The molecule has 0 aromatic heterocycles. The van der Waals surface area contributed by atoms with Crippen molar-refractivity contribution in [2.75, 3.05) is 11.9 Å². The van der Waals surface area contributed by atoms with Crippen molar-refractivity contribution in [2.45, 2.75) is 26.2 Å². The third-order valence-electron chi connectivity index (χ3n) is 3.42. The molecule has 0 unspecified atom stereocenters. The maximum Gasteiger partial charge on any atom is 0.419 e. The van der Waals surface area contributed by atoms with Crippen molar-refractivity contribution in [1.82, 2.24) is 0 Å². The van der Waals surface area contributed by atoms with Crippen LogP contribution in [0, 0.1) is 0 Å². The van der Waals surface area contributed by atoms with Crippen LogP contribution in [0.5, 0.6) is 5.75 Å². The van der Waals surface area contributed by atoms with Gasteiger partial charge in [-0.2, -0.15) is 0 Å². The Hall–Kier alpha value is -1.52. The molecule has 0 radical (unpaired) electrons. The number of ether oxygens (including phenoxy) is 1. The number of amides is 1. The summed E-state index contributed by atoms with van der Waals surface area (Å²) in [4.78, 5) is 13.8. The van der Waals surface area contributed by atoms with E-state index in [1.807, 2.05) is 30.3 Å². The molecule has 2 aromatic rings. The predicted octanol–water partition coefficient (Wildman–Crippen LogP) is 6.04. The molecule has 0 saturated carbocycles. The second-order valence-corrected chi connectivity index (χ2v) is 7.62. The molecule has 0 atom stereocenters. The van der Waals surface area contributed by atoms with Crippen LogP contribution in [0.15, 0.2) is 46.9 Å². The van der Waals surface area contributed by atoms with Crippen molar-refractivity contribution >= 4 is 39.3 Å². The van der Waals surface area contributed by atoms with Gasteiger partial charge in [-0.25, -0.2) is 4.79 Å². The number of hydrogen-bond donors (Lipinski definition) is 0. The van der Waals surface area contributed by atoms with Crippen LogP contribution in [0.3, 0.4) is 0 Å². The summed E-state index contributed by atoms with van der Waals surface area (Å²) in [6, 6.07) is 12.7. The smallest absolute Gasteiger partial charge is 0.410 e. The number of anilines is 1. The Bertz CT molecular complexity index is 725. The number of carbonyl (C=O) groups is 1. The number of hydrogen-bond acceptors (Lipinski definition) is 2. The van der Waals surface area contributed by atoms with Crippen molar-refractivity contribution in [3.05, 3.63) is 57.5 Å². The van der Waals surface area contributed by atoms with Crippen LogP contribution in [0.1, 0.15) is 26.3 Å². The fraction of sp³-hybridized carbons (Fsp3) is 0.278. The first-order chi connectivity index (χ1) is 10.7. The van der Waals surface area contributed by atoms with Gasteiger partial charge in [0.1, 0.15) is 5.75 Å². The average Bonchev–Trinajstić information content (AvgIpc) is 2.47. The molecule has 2 aromatic carbocycles. The zero-order chi connectivity index (χ0) is 17.2. The summed E-state index contributed by atoms with van der Waals surface area (Å²) in [6.07, 6.45) is -0.453. The SMILES string of the molecule is CN(C(=O)Oc1ccc(Cl)c(C(C)(C)C)c1)c1cccc(Br)c1. The van der Waals surface area contributed by atoms with Gasteiger partial charge in [-0.05, 0) is 47.4 Å². The van der Waals surface area contributed by atoms with Crippen molar-refractivity contribution in [2.24, 2.45) is 0 Å². The molecule has 0 fully saturated rings. The molecule has 3 nitrogen and oxygen atoms in total. The molecule has 23 heavy (non-hydrogen) atoms. The Kier molecular flexibility index (Phi) is 5.37. The molecule has 0 aliphatic heterocycles. The first-order valence-electron chi connectivity index (χ1n) is 7.19. The van der Waals surface area contributed by atoms with Gasteiger partial charge in [0.25, 0.3) is 0 Å². The van der Waals surface area contributed by atoms with E-state index < -0.39 is 6.09 Å². The summed E-state index contributed by atoms with van der Waals surface area (Å²) < 4.78 is 6.37. The van der Waals surface area contributed by atoms with Gasteiger partial charge in [0.2, 0.25) is 0 Å². The van der Waals surface area contributed by atoms with Crippen LogP contribution in [0.4, 0.5) is 10.5 Å². The number of halogens is 2. The largest absolute Gasteiger partial charge is 0.419 e. The van der Waals surface area contributed by atoms with E-state index in [-0.39, 0.29) is 5.41 Å². The third-order valence-corrected chi connectivity index (χ3v) is 4.24. The van der Waals surface area contributed by atoms with Gasteiger partial charge in [-0.3, -0.25) is 4.90 Å². The number of benzene rings is 2. The molecule has 0 spiro atoms. The molecular formula is C18H19BrClNO2. The van der Waals surface area contributed by atoms with E-state index in [0.29, 0.717) is 10.8 Å². The molecular weight excluding hydrogens is 378 g/mol. The molecule has 0 aliphatic rings. The second-order valence-electron chi connectivity index (χ2n) is 6.30. The van der Waals surface area contributed by atoms with Crippen LogP contribution in [-0.4, -0.2) is 13.1 Å². The zero-order valence-electron chi connectivity index (χ0n) is 13.6. The predicted molar refractivity (Wildman–Crippen MR) is 98.7 cm³/mol. The van der Waals surface area contributed by atoms with Gasteiger partial charge < -0.3 is 4.74 Å². The Morgan fingerprint density at radius 1 is 1.17 bits per heavy atom. The lowest BCUT2D eigenvalue weighted by Crippen LogP contribution is -2.29. The van der Waals surface area contributed by atoms with E-state index >= 15 is 0 Å². The highest BCUT2D eigenvalue weighted by molar-refractivity contribution is 9.10. The highest BCUT2D eigenvalue weighted by Crippen LogP contribution is 2.32. The summed E-state index contributed by atoms with van der Waals surface area (Å²) in [7, 11) is 1.67. The van der Waals surface area contributed by atoms with Gasteiger partial charge in [0, 0.05) is 22.2 Å². The van der Waals surface area contributed by atoms with E-state index in [1.54, 1.807) is 19.2 Å². The summed E-state index contributed by atoms with van der Waals surface area (Å²) in [6.45, 7) is 6.19. The molecule has 0 N–H and O–H groups in total. The lowest BCUT2D eigenvalue weighted by molar-refractivity contribution is 0.209. The van der Waals surface area contributed by atoms with Crippen LogP contribution in [-0.2, 0) is 5.41 Å². The molecule has 0 bridgehead atoms. The maximum absolute atomic E-state index is 12.3. The molecule has 0 heterocycles. The van der Waals surface area contributed by atoms with Crippen LogP contribution >= 0.6 is 27.5 Å². The lowest BCUT2D eigenvalue weighted by Gasteiger charge is -2.22. The van der Waals surface area contributed by atoms with E-state index in [9.17, 15) is 4.79 Å². The lowest BCUT2D eigenvalue weighted by atomic mass is 9.87. The average molecular weight is 397 g/mol. The molecule has 0 aliphatic carbocycles. The van der Waals surface area contributed by atoms with Crippen molar-refractivity contribution in [1.29, 1.82) is 0 Å². The van der Waals surface area contributed by atoms with Crippen molar-refractivity contribution in [3.8, 4) is 5.75 Å². The van der Waals surface area contributed by atoms with Crippen molar-refractivity contribution < 1.29 is 9.53 Å². The Labute approximate surface area is 150 Å². The Balaban J connectivity index is 2.20. The van der Waals surface area contributed by atoms with Crippen LogP contribution in [0.2, 0.25) is 5.02 Å². The molecule has 5 heteroatoms. The van der Waals surface area contributed by atoms with Crippen LogP contribution in [0.25, 0.3) is 0 Å². The van der Waals surface area contributed by atoms with E-state index in [4.69, 9.17) is 16.3 Å². The minimum absolute atomic E-state index is 0.129. The molecule has 2 rings (SSSR count). The number of rotatable bonds is 2. The summed E-state index contributed by atoms with van der Waals surface area (Å²) >= 11 is 9.63. The third kappa shape index (κ3) is 4.49. The monoisotopic (exact) mass is 395 g/mol. The maximum atomic E-state index is 12.3. The topological polar surface area (TPSA) is 29.5 Å². The van der Waals surface area contributed by atoms with E-state index in [0.717, 1.165) is 15.7 Å². The first-order valence-corrected chi connectivity index (χ1v) is 8.37. The zero-order valence-corrected chi connectivity index (χ0v) is 15.9. The standard InChI is InChI=1S/C18H19BrClNO2/c1-18(2,3)15-11-14(8-9-16(15)20)23-17(22)21(4)13-7-5-6-12(19)10-13/h5-11H,1-4H3. The fourth-order valence-corrected chi connectivity index (χ4v) is 2.89. The fourth-order valence-electron chi connectivity index (χ4n) is 2.10. The minimum atomic E-state index is -0.453. The molecule has 0 saturated heterocycles. The van der Waals surface area contributed by atoms with E-state index in [1.165, 1.54) is 4.90 Å². The Morgan fingerprint density at radius 3 is 2.48 bits per heavy atom. The molecule has 1 amide bonds. The Morgan fingerprint density at radius 2 is 1.87 bits per heavy atom.